The smallest absolute Gasteiger partial charge is 0.355 e. The van der Waals surface area contributed by atoms with Gasteiger partial charge in [-0.25, -0.2) is 9.78 Å². The molecule has 0 amide bonds. The molecule has 0 aliphatic rings. The van der Waals surface area contributed by atoms with E-state index in [0.717, 1.165) is 0 Å². The number of carboxylic acid groups (broad SMARTS) is 1. The first-order chi connectivity index (χ1) is 14.4. The Hall–Kier alpha value is -0.0400. The van der Waals surface area contributed by atoms with Crippen LogP contribution in [0.25, 0.3) is 22.4 Å². The van der Waals surface area contributed by atoms with E-state index in [0.29, 0.717) is 0 Å². The van der Waals surface area contributed by atoms with Crippen molar-refractivity contribution in [3.63, 3.8) is 0 Å². The molecule has 0 spiro atoms. The first-order valence-corrected chi connectivity index (χ1v) is 11.5. The number of aromatic nitrogens is 1. The topological polar surface area (TPSA) is 50.2 Å². The van der Waals surface area contributed by atoms with Crippen LogP contribution in [0.1, 0.15) is 10.5 Å². The van der Waals surface area contributed by atoms with Crippen LogP contribution in [0.4, 0.5) is 0 Å². The molecular weight excluding hydrogens is 617 g/mol. The summed E-state index contributed by atoms with van der Waals surface area (Å²) in [5.74, 6) is -1.41. The predicted octanol–water partition coefficient (Wildman–Crippen LogP) is 10.6. The van der Waals surface area contributed by atoms with Crippen LogP contribution in [0.2, 0.25) is 50.2 Å². The highest BCUT2D eigenvalue weighted by molar-refractivity contribution is 6.57. The summed E-state index contributed by atoms with van der Waals surface area (Å²) >= 11 is 61.5. The fourth-order valence-electron chi connectivity index (χ4n) is 2.63. The number of carbonyl (C=O) groups is 1. The fourth-order valence-corrected chi connectivity index (χ4v) is 5.31. The molecule has 0 radical (unpaired) electrons. The molecule has 0 bridgehead atoms. The minimum Gasteiger partial charge on any atom is -0.476 e. The highest BCUT2D eigenvalue weighted by atomic mass is 35.5. The number of aromatic carboxylic acids is 1. The second-order valence-electron chi connectivity index (χ2n) is 5.79. The molecule has 3 rings (SSSR count). The zero-order valence-electron chi connectivity index (χ0n) is 14.2. The summed E-state index contributed by atoms with van der Waals surface area (Å²) in [6, 6.07) is 2.79. The van der Waals surface area contributed by atoms with Crippen LogP contribution < -0.4 is 0 Å². The molecule has 0 atom stereocenters. The summed E-state index contributed by atoms with van der Waals surface area (Å²) in [5, 5.41) is 8.97. The lowest BCUT2D eigenvalue weighted by molar-refractivity contribution is 0.0691. The van der Waals surface area contributed by atoms with Crippen LogP contribution in [0, 0.1) is 0 Å². The van der Waals surface area contributed by atoms with E-state index in [1.807, 2.05) is 0 Å². The van der Waals surface area contributed by atoms with Crippen molar-refractivity contribution in [3.8, 4) is 22.4 Å². The Morgan fingerprint density at radius 1 is 0.581 bits per heavy atom. The number of halogens is 10. The Balaban J connectivity index is 2.37. The van der Waals surface area contributed by atoms with Crippen LogP contribution >= 0.6 is 116 Å². The summed E-state index contributed by atoms with van der Waals surface area (Å²) in [4.78, 5) is 16.2. The van der Waals surface area contributed by atoms with Gasteiger partial charge in [0.05, 0.1) is 55.9 Å². The molecule has 3 nitrogen and oxygen atoms in total. The number of rotatable bonds is 3. The first kappa shape index (κ1) is 25.6. The number of carboxylic acids is 1. The van der Waals surface area contributed by atoms with Crippen molar-refractivity contribution in [1.82, 2.24) is 4.98 Å². The van der Waals surface area contributed by atoms with Crippen LogP contribution in [-0.2, 0) is 0 Å². The quantitative estimate of drug-likeness (QED) is 0.234. The third kappa shape index (κ3) is 4.40. The van der Waals surface area contributed by atoms with Gasteiger partial charge < -0.3 is 5.11 Å². The fraction of sp³-hybridized carbons (Fsp3) is 0. The van der Waals surface area contributed by atoms with Crippen molar-refractivity contribution in [2.75, 3.05) is 0 Å². The van der Waals surface area contributed by atoms with E-state index < -0.39 is 11.7 Å². The van der Waals surface area contributed by atoms with Gasteiger partial charge in [0.1, 0.15) is 0 Å². The molecule has 0 saturated carbocycles. The normalized spacial score (nSPS) is 11.2. The van der Waals surface area contributed by atoms with E-state index in [1.165, 1.54) is 12.1 Å². The van der Waals surface area contributed by atoms with Gasteiger partial charge in [0.2, 0.25) is 0 Å². The molecular formula is C18H3Cl10NO2. The number of benzene rings is 2. The lowest BCUT2D eigenvalue weighted by Crippen LogP contribution is -2.05. The summed E-state index contributed by atoms with van der Waals surface area (Å²) in [7, 11) is 0. The molecule has 0 fully saturated rings. The number of hydrogen-bond donors (Lipinski definition) is 1. The van der Waals surface area contributed by atoms with Crippen molar-refractivity contribution in [1.29, 1.82) is 0 Å². The Bertz CT molecular complexity index is 1220. The molecule has 13 heteroatoms. The van der Waals surface area contributed by atoms with E-state index in [2.05, 4.69) is 4.98 Å². The highest BCUT2D eigenvalue weighted by Crippen LogP contribution is 2.50. The average molecular weight is 620 g/mol. The van der Waals surface area contributed by atoms with Crippen molar-refractivity contribution in [2.45, 2.75) is 0 Å². The Labute approximate surface area is 225 Å². The maximum Gasteiger partial charge on any atom is 0.355 e. The van der Waals surface area contributed by atoms with Gasteiger partial charge in [0.25, 0.3) is 0 Å². The molecule has 0 aliphatic carbocycles. The number of pyridine rings is 1. The van der Waals surface area contributed by atoms with Crippen molar-refractivity contribution < 1.29 is 9.90 Å². The summed E-state index contributed by atoms with van der Waals surface area (Å²) in [5.41, 5.74) is -0.269. The van der Waals surface area contributed by atoms with E-state index in [4.69, 9.17) is 116 Å². The molecule has 2 aromatic carbocycles. The van der Waals surface area contributed by atoms with E-state index in [9.17, 15) is 9.90 Å². The standard InChI is InChI=1S/C18H3Cl10NO2/c19-7-5(8(20)12(24)15(27)11(7)23)3-1-2-4(29-17(3)18(30)31)6-9(21)13(25)16(28)14(26)10(6)22/h1-2H,(H,30,31). The largest absolute Gasteiger partial charge is 0.476 e. The number of nitrogens with zero attached hydrogens (tertiary/aromatic N) is 1. The van der Waals surface area contributed by atoms with Gasteiger partial charge in [0.15, 0.2) is 5.69 Å². The Morgan fingerprint density at radius 3 is 1.32 bits per heavy atom. The van der Waals surface area contributed by atoms with Gasteiger partial charge in [-0.2, -0.15) is 0 Å². The molecule has 0 unspecified atom stereocenters. The van der Waals surface area contributed by atoms with Gasteiger partial charge in [0, 0.05) is 16.7 Å². The average Bonchev–Trinajstić information content (AvgIpc) is 2.74. The monoisotopic (exact) mass is 615 g/mol. The van der Waals surface area contributed by atoms with Crippen molar-refractivity contribution in [2.24, 2.45) is 0 Å². The van der Waals surface area contributed by atoms with Crippen molar-refractivity contribution >= 4 is 122 Å². The second kappa shape index (κ2) is 9.68. The van der Waals surface area contributed by atoms with Gasteiger partial charge >= 0.3 is 5.97 Å². The molecule has 0 saturated heterocycles. The van der Waals surface area contributed by atoms with Crippen molar-refractivity contribution in [3.05, 3.63) is 68.1 Å². The number of hydrogen-bond acceptors (Lipinski definition) is 2. The Kier molecular flexibility index (Phi) is 7.98. The third-order valence-corrected chi connectivity index (χ3v) is 8.60. The van der Waals surface area contributed by atoms with Gasteiger partial charge in [-0.15, -0.1) is 0 Å². The zero-order chi connectivity index (χ0) is 23.4. The molecule has 0 aliphatic heterocycles. The molecule has 162 valence electrons. The summed E-state index contributed by atoms with van der Waals surface area (Å²) in [6.45, 7) is 0. The molecule has 3 aromatic rings. The lowest BCUT2D eigenvalue weighted by atomic mass is 10.0. The second-order valence-corrected chi connectivity index (χ2v) is 9.57. The molecule has 1 aromatic heterocycles. The zero-order valence-corrected chi connectivity index (χ0v) is 21.8. The van der Waals surface area contributed by atoms with Crippen LogP contribution in [0.3, 0.4) is 0 Å². The molecule has 31 heavy (non-hydrogen) atoms. The van der Waals surface area contributed by atoms with Gasteiger partial charge in [-0.05, 0) is 12.1 Å². The lowest BCUT2D eigenvalue weighted by Gasteiger charge is -2.16. The van der Waals surface area contributed by atoms with Crippen LogP contribution in [-0.4, -0.2) is 16.1 Å². The van der Waals surface area contributed by atoms with Crippen LogP contribution in [0.5, 0.6) is 0 Å². The van der Waals surface area contributed by atoms with E-state index in [1.54, 1.807) is 0 Å². The minimum atomic E-state index is -1.41. The maximum atomic E-state index is 12.0. The van der Waals surface area contributed by atoms with Crippen LogP contribution in [0.15, 0.2) is 12.1 Å². The van der Waals surface area contributed by atoms with Gasteiger partial charge in [-0.1, -0.05) is 116 Å². The van der Waals surface area contributed by atoms with Gasteiger partial charge in [-0.3, -0.25) is 0 Å². The predicted molar refractivity (Wildman–Crippen MR) is 132 cm³/mol. The van der Waals surface area contributed by atoms with E-state index in [-0.39, 0.29) is 72.6 Å². The SMILES string of the molecule is O=C(O)c1nc(-c2c(Cl)c(Cl)c(Cl)c(Cl)c2Cl)ccc1-c1c(Cl)c(Cl)c(Cl)c(Cl)c1Cl. The maximum absolute atomic E-state index is 12.0. The third-order valence-electron chi connectivity index (χ3n) is 4.04. The Morgan fingerprint density at radius 2 is 0.935 bits per heavy atom. The molecule has 1 heterocycles. The van der Waals surface area contributed by atoms with E-state index >= 15 is 0 Å². The summed E-state index contributed by atoms with van der Waals surface area (Å²) in [6.07, 6.45) is 0. The minimum absolute atomic E-state index is 0.0186. The highest BCUT2D eigenvalue weighted by Gasteiger charge is 2.27. The summed E-state index contributed by atoms with van der Waals surface area (Å²) < 4.78 is 0. The molecule has 1 N–H and O–H groups in total. The first-order valence-electron chi connectivity index (χ1n) is 7.68.